The van der Waals surface area contributed by atoms with Gasteiger partial charge in [0.1, 0.15) is 5.82 Å². The lowest BCUT2D eigenvalue weighted by molar-refractivity contribution is 0.320. The average Bonchev–Trinajstić information content (AvgIpc) is 2.24. The van der Waals surface area contributed by atoms with Crippen molar-refractivity contribution >= 4 is 11.6 Å². The van der Waals surface area contributed by atoms with E-state index in [9.17, 15) is 4.39 Å². The first kappa shape index (κ1) is 11.9. The second-order valence-corrected chi connectivity index (χ2v) is 5.15. The minimum atomic E-state index is -0.320. The van der Waals surface area contributed by atoms with Crippen LogP contribution >= 0.6 is 11.6 Å². The van der Waals surface area contributed by atoms with E-state index in [0.717, 1.165) is 24.8 Å². The Morgan fingerprint density at radius 1 is 1.38 bits per heavy atom. The number of rotatable bonds is 2. The van der Waals surface area contributed by atoms with Crippen LogP contribution in [0, 0.1) is 11.7 Å². The third-order valence-corrected chi connectivity index (χ3v) is 3.64. The number of halogens is 2. The van der Waals surface area contributed by atoms with Gasteiger partial charge in [-0.2, -0.15) is 0 Å². The largest absolute Gasteiger partial charge is 0.328 e. The van der Waals surface area contributed by atoms with Crippen molar-refractivity contribution in [2.24, 2.45) is 11.7 Å². The van der Waals surface area contributed by atoms with Gasteiger partial charge in [-0.15, -0.1) is 0 Å². The molecule has 3 heteroatoms. The molecule has 0 aromatic heterocycles. The highest BCUT2D eigenvalue weighted by Crippen LogP contribution is 2.27. The van der Waals surface area contributed by atoms with Crippen LogP contribution in [0.25, 0.3) is 0 Å². The monoisotopic (exact) mass is 241 g/mol. The van der Waals surface area contributed by atoms with E-state index >= 15 is 0 Å². The molecule has 2 rings (SSSR count). The SMILES string of the molecule is NC1CCCC(Cc2ccc(Cl)c(F)c2)C1. The Balaban J connectivity index is 2.00. The van der Waals surface area contributed by atoms with Crippen molar-refractivity contribution in [1.29, 1.82) is 0 Å². The quantitative estimate of drug-likeness (QED) is 0.842. The topological polar surface area (TPSA) is 26.0 Å². The lowest BCUT2D eigenvalue weighted by atomic mass is 9.82. The summed E-state index contributed by atoms with van der Waals surface area (Å²) in [6.45, 7) is 0. The van der Waals surface area contributed by atoms with Crippen LogP contribution in [0.5, 0.6) is 0 Å². The van der Waals surface area contributed by atoms with Gasteiger partial charge in [0, 0.05) is 6.04 Å². The number of hydrogen-bond acceptors (Lipinski definition) is 1. The normalized spacial score (nSPS) is 25.7. The van der Waals surface area contributed by atoms with Gasteiger partial charge in [-0.05, 0) is 42.9 Å². The highest BCUT2D eigenvalue weighted by Gasteiger charge is 2.19. The maximum absolute atomic E-state index is 13.3. The summed E-state index contributed by atoms with van der Waals surface area (Å²) in [5.41, 5.74) is 6.97. The van der Waals surface area contributed by atoms with Crippen molar-refractivity contribution in [2.75, 3.05) is 0 Å². The molecule has 1 fully saturated rings. The Morgan fingerprint density at radius 2 is 2.19 bits per heavy atom. The molecule has 0 saturated heterocycles. The van der Waals surface area contributed by atoms with Crippen LogP contribution in [0.1, 0.15) is 31.2 Å². The molecule has 2 atom stereocenters. The number of hydrogen-bond donors (Lipinski definition) is 1. The minimum absolute atomic E-state index is 0.198. The fourth-order valence-corrected chi connectivity index (χ4v) is 2.64. The summed E-state index contributed by atoms with van der Waals surface area (Å²) in [4.78, 5) is 0. The molecule has 1 nitrogen and oxygen atoms in total. The molecular weight excluding hydrogens is 225 g/mol. The van der Waals surface area contributed by atoms with Crippen molar-refractivity contribution in [2.45, 2.75) is 38.1 Å². The van der Waals surface area contributed by atoms with E-state index in [-0.39, 0.29) is 10.8 Å². The average molecular weight is 242 g/mol. The Morgan fingerprint density at radius 3 is 2.88 bits per heavy atom. The zero-order valence-corrected chi connectivity index (χ0v) is 10.0. The summed E-state index contributed by atoms with van der Waals surface area (Å²) < 4.78 is 13.3. The Hall–Kier alpha value is -0.600. The standard InChI is InChI=1S/C13H17ClFN/c14-12-5-4-10(8-13(12)15)6-9-2-1-3-11(16)7-9/h4-5,8-9,11H,1-3,6-7,16H2. The second kappa shape index (κ2) is 5.15. The van der Waals surface area contributed by atoms with Gasteiger partial charge < -0.3 is 5.73 Å². The van der Waals surface area contributed by atoms with Gasteiger partial charge in [-0.1, -0.05) is 30.5 Å². The molecular formula is C13H17ClFN. The predicted octanol–water partition coefficient (Wildman–Crippen LogP) is 3.54. The molecule has 2 unspecified atom stereocenters. The molecule has 1 aromatic carbocycles. The number of nitrogens with two attached hydrogens (primary N) is 1. The van der Waals surface area contributed by atoms with Gasteiger partial charge in [-0.25, -0.2) is 4.39 Å². The van der Waals surface area contributed by atoms with Crippen molar-refractivity contribution in [1.82, 2.24) is 0 Å². The highest BCUT2D eigenvalue weighted by atomic mass is 35.5. The van der Waals surface area contributed by atoms with Crippen LogP contribution in [0.4, 0.5) is 4.39 Å². The first-order valence-electron chi connectivity index (χ1n) is 5.84. The van der Waals surface area contributed by atoms with Gasteiger partial charge in [0.15, 0.2) is 0 Å². The molecule has 0 radical (unpaired) electrons. The summed E-state index contributed by atoms with van der Waals surface area (Å²) >= 11 is 5.65. The molecule has 1 aliphatic rings. The van der Waals surface area contributed by atoms with E-state index in [1.54, 1.807) is 12.1 Å². The van der Waals surface area contributed by atoms with Crippen LogP contribution < -0.4 is 5.73 Å². The molecule has 1 aliphatic carbocycles. The van der Waals surface area contributed by atoms with E-state index in [1.165, 1.54) is 12.8 Å². The smallest absolute Gasteiger partial charge is 0.142 e. The van der Waals surface area contributed by atoms with Crippen LogP contribution in [0.3, 0.4) is 0 Å². The third kappa shape index (κ3) is 2.96. The Kier molecular flexibility index (Phi) is 3.82. The fourth-order valence-electron chi connectivity index (χ4n) is 2.52. The van der Waals surface area contributed by atoms with Gasteiger partial charge in [0.25, 0.3) is 0 Å². The minimum Gasteiger partial charge on any atom is -0.328 e. The maximum Gasteiger partial charge on any atom is 0.142 e. The molecule has 88 valence electrons. The van der Waals surface area contributed by atoms with Crippen molar-refractivity contribution in [3.8, 4) is 0 Å². The summed E-state index contributed by atoms with van der Waals surface area (Å²) in [5.74, 6) is 0.281. The highest BCUT2D eigenvalue weighted by molar-refractivity contribution is 6.30. The van der Waals surface area contributed by atoms with Crippen LogP contribution in [0.15, 0.2) is 18.2 Å². The van der Waals surface area contributed by atoms with Crippen LogP contribution in [0.2, 0.25) is 5.02 Å². The van der Waals surface area contributed by atoms with E-state index < -0.39 is 0 Å². The van der Waals surface area contributed by atoms with Gasteiger partial charge in [0.2, 0.25) is 0 Å². The zero-order chi connectivity index (χ0) is 11.5. The van der Waals surface area contributed by atoms with Crippen molar-refractivity contribution in [3.63, 3.8) is 0 Å². The Labute approximate surface area is 101 Å². The molecule has 0 amide bonds. The second-order valence-electron chi connectivity index (χ2n) is 4.75. The van der Waals surface area contributed by atoms with Crippen LogP contribution in [-0.2, 0) is 6.42 Å². The lowest BCUT2D eigenvalue weighted by Gasteiger charge is -2.26. The molecule has 0 aliphatic heterocycles. The molecule has 0 bridgehead atoms. The Bertz CT molecular complexity index is 367. The lowest BCUT2D eigenvalue weighted by Crippen LogP contribution is -2.28. The van der Waals surface area contributed by atoms with Gasteiger partial charge >= 0.3 is 0 Å². The number of benzene rings is 1. The van der Waals surface area contributed by atoms with Crippen molar-refractivity contribution < 1.29 is 4.39 Å². The van der Waals surface area contributed by atoms with Crippen molar-refractivity contribution in [3.05, 3.63) is 34.6 Å². The first-order chi connectivity index (χ1) is 7.65. The summed E-state index contributed by atoms with van der Waals surface area (Å²) in [7, 11) is 0. The van der Waals surface area contributed by atoms with E-state index in [4.69, 9.17) is 17.3 Å². The summed E-state index contributed by atoms with van der Waals surface area (Å²) in [6, 6.07) is 5.42. The van der Waals surface area contributed by atoms with Gasteiger partial charge in [0.05, 0.1) is 5.02 Å². The fraction of sp³-hybridized carbons (Fsp3) is 0.538. The zero-order valence-electron chi connectivity index (χ0n) is 9.26. The maximum atomic E-state index is 13.3. The third-order valence-electron chi connectivity index (χ3n) is 3.33. The molecule has 2 N–H and O–H groups in total. The first-order valence-corrected chi connectivity index (χ1v) is 6.22. The van der Waals surface area contributed by atoms with Gasteiger partial charge in [-0.3, -0.25) is 0 Å². The summed E-state index contributed by atoms with van der Waals surface area (Å²) in [6.07, 6.45) is 5.51. The summed E-state index contributed by atoms with van der Waals surface area (Å²) in [5, 5.41) is 0.198. The molecule has 1 saturated carbocycles. The predicted molar refractivity (Wildman–Crippen MR) is 65.0 cm³/mol. The molecule has 1 aromatic rings. The van der Waals surface area contributed by atoms with E-state index in [2.05, 4.69) is 0 Å². The molecule has 0 heterocycles. The van der Waals surface area contributed by atoms with E-state index in [0.29, 0.717) is 12.0 Å². The van der Waals surface area contributed by atoms with Crippen LogP contribution in [-0.4, -0.2) is 6.04 Å². The molecule has 16 heavy (non-hydrogen) atoms. The van der Waals surface area contributed by atoms with E-state index in [1.807, 2.05) is 6.07 Å². The molecule has 0 spiro atoms.